The van der Waals surface area contributed by atoms with Crippen molar-refractivity contribution in [1.82, 2.24) is 10.3 Å². The molecule has 1 N–H and O–H groups in total. The summed E-state index contributed by atoms with van der Waals surface area (Å²) in [5, 5.41) is 3.53. The molecule has 0 aromatic carbocycles. The molecule has 1 aromatic rings. The van der Waals surface area contributed by atoms with Crippen LogP contribution in [-0.2, 0) is 6.54 Å². The van der Waals surface area contributed by atoms with Crippen molar-refractivity contribution in [2.45, 2.75) is 52.6 Å². The van der Waals surface area contributed by atoms with Crippen molar-refractivity contribution in [2.24, 2.45) is 5.92 Å². The van der Waals surface area contributed by atoms with Gasteiger partial charge in [-0.2, -0.15) is 0 Å². The van der Waals surface area contributed by atoms with Crippen LogP contribution in [0, 0.1) is 5.92 Å². The number of aromatic nitrogens is 1. The van der Waals surface area contributed by atoms with Gasteiger partial charge in [-0.15, -0.1) is 0 Å². The van der Waals surface area contributed by atoms with Crippen LogP contribution in [-0.4, -0.2) is 24.1 Å². The van der Waals surface area contributed by atoms with Gasteiger partial charge >= 0.3 is 0 Å². The zero-order valence-electron chi connectivity index (χ0n) is 12.5. The van der Waals surface area contributed by atoms with E-state index in [2.05, 4.69) is 42.0 Å². The maximum absolute atomic E-state index is 4.30. The molecule has 19 heavy (non-hydrogen) atoms. The highest BCUT2D eigenvalue weighted by atomic mass is 15.2. The highest BCUT2D eigenvalue weighted by Crippen LogP contribution is 2.33. The van der Waals surface area contributed by atoms with E-state index in [-0.39, 0.29) is 0 Å². The van der Waals surface area contributed by atoms with Gasteiger partial charge in [-0.05, 0) is 37.8 Å². The maximum atomic E-state index is 4.30. The fraction of sp³-hybridized carbons (Fsp3) is 0.688. The summed E-state index contributed by atoms with van der Waals surface area (Å²) in [7, 11) is 0. The number of hydrogen-bond donors (Lipinski definition) is 1. The molecule has 106 valence electrons. The first kappa shape index (κ1) is 14.3. The number of rotatable bonds is 8. The van der Waals surface area contributed by atoms with Gasteiger partial charge in [-0.25, -0.2) is 0 Å². The Morgan fingerprint density at radius 2 is 2.21 bits per heavy atom. The number of nitrogens with one attached hydrogen (secondary N) is 1. The molecule has 3 heteroatoms. The Balaban J connectivity index is 2.05. The molecule has 0 aliphatic heterocycles. The Labute approximate surface area is 117 Å². The summed E-state index contributed by atoms with van der Waals surface area (Å²) in [5.74, 6) is 0.690. The van der Waals surface area contributed by atoms with Crippen LogP contribution in [0.25, 0.3) is 0 Å². The Hall–Kier alpha value is -1.09. The molecule has 1 fully saturated rings. The first-order valence-corrected chi connectivity index (χ1v) is 7.62. The Morgan fingerprint density at radius 3 is 2.84 bits per heavy atom. The van der Waals surface area contributed by atoms with Gasteiger partial charge in [0.15, 0.2) is 0 Å². The molecule has 2 rings (SSSR count). The van der Waals surface area contributed by atoms with Crippen molar-refractivity contribution in [2.75, 3.05) is 18.0 Å². The standard InChI is InChI=1S/C16H27N3/c1-4-9-19(15-5-6-15)16-7-8-17-11-14(16)12-18-10-13(2)3/h7-8,11,13,15,18H,4-6,9-10,12H2,1-3H3. The molecule has 1 aromatic heterocycles. The predicted molar refractivity (Wildman–Crippen MR) is 81.4 cm³/mol. The van der Waals surface area contributed by atoms with E-state index in [1.807, 2.05) is 12.4 Å². The molecule has 0 spiro atoms. The normalized spacial score (nSPS) is 14.9. The van der Waals surface area contributed by atoms with Gasteiger partial charge in [-0.1, -0.05) is 20.8 Å². The van der Waals surface area contributed by atoms with Gasteiger partial charge in [0.2, 0.25) is 0 Å². The molecule has 0 bridgehead atoms. The van der Waals surface area contributed by atoms with E-state index in [1.54, 1.807) is 0 Å². The summed E-state index contributed by atoms with van der Waals surface area (Å²) in [6, 6.07) is 2.95. The number of nitrogens with zero attached hydrogens (tertiary/aromatic N) is 2. The molecule has 1 aliphatic carbocycles. The summed E-state index contributed by atoms with van der Waals surface area (Å²) in [5.41, 5.74) is 2.72. The van der Waals surface area contributed by atoms with E-state index in [1.165, 1.54) is 30.5 Å². The average molecular weight is 261 g/mol. The lowest BCUT2D eigenvalue weighted by atomic mass is 10.1. The minimum atomic E-state index is 0.690. The molecule has 0 radical (unpaired) electrons. The Morgan fingerprint density at radius 1 is 1.42 bits per heavy atom. The van der Waals surface area contributed by atoms with Crippen LogP contribution in [0.3, 0.4) is 0 Å². The zero-order valence-corrected chi connectivity index (χ0v) is 12.5. The van der Waals surface area contributed by atoms with Crippen molar-refractivity contribution < 1.29 is 0 Å². The minimum Gasteiger partial charge on any atom is -0.368 e. The fourth-order valence-corrected chi connectivity index (χ4v) is 2.46. The average Bonchev–Trinajstić information content (AvgIpc) is 3.21. The van der Waals surface area contributed by atoms with E-state index in [4.69, 9.17) is 0 Å². The first-order chi connectivity index (χ1) is 9.22. The van der Waals surface area contributed by atoms with Crippen molar-refractivity contribution >= 4 is 5.69 Å². The molecule has 0 amide bonds. The van der Waals surface area contributed by atoms with Crippen LogP contribution >= 0.6 is 0 Å². The third-order valence-electron chi connectivity index (χ3n) is 3.51. The third kappa shape index (κ3) is 4.20. The van der Waals surface area contributed by atoms with Gasteiger partial charge in [0, 0.05) is 42.8 Å². The lowest BCUT2D eigenvalue weighted by molar-refractivity contribution is 0.551. The van der Waals surface area contributed by atoms with Crippen molar-refractivity contribution in [3.8, 4) is 0 Å². The monoisotopic (exact) mass is 261 g/mol. The van der Waals surface area contributed by atoms with Crippen LogP contribution in [0.1, 0.15) is 45.6 Å². The number of hydrogen-bond acceptors (Lipinski definition) is 3. The van der Waals surface area contributed by atoms with Crippen LogP contribution < -0.4 is 10.2 Å². The third-order valence-corrected chi connectivity index (χ3v) is 3.51. The quantitative estimate of drug-likeness (QED) is 0.779. The highest BCUT2D eigenvalue weighted by molar-refractivity contribution is 5.54. The molecule has 0 atom stereocenters. The topological polar surface area (TPSA) is 28.2 Å². The first-order valence-electron chi connectivity index (χ1n) is 7.62. The highest BCUT2D eigenvalue weighted by Gasteiger charge is 2.29. The zero-order chi connectivity index (χ0) is 13.7. The molecule has 1 heterocycles. The van der Waals surface area contributed by atoms with E-state index >= 15 is 0 Å². The lowest BCUT2D eigenvalue weighted by Gasteiger charge is -2.26. The second kappa shape index (κ2) is 6.90. The SMILES string of the molecule is CCCN(c1ccncc1CNCC(C)C)C1CC1. The summed E-state index contributed by atoms with van der Waals surface area (Å²) >= 11 is 0. The van der Waals surface area contributed by atoms with E-state index in [9.17, 15) is 0 Å². The van der Waals surface area contributed by atoms with E-state index in [0.717, 1.165) is 25.7 Å². The molecule has 1 saturated carbocycles. The van der Waals surface area contributed by atoms with Crippen LogP contribution in [0.4, 0.5) is 5.69 Å². The summed E-state index contributed by atoms with van der Waals surface area (Å²) in [4.78, 5) is 6.88. The minimum absolute atomic E-state index is 0.690. The Kier molecular flexibility index (Phi) is 5.20. The van der Waals surface area contributed by atoms with E-state index < -0.39 is 0 Å². The molecular weight excluding hydrogens is 234 g/mol. The van der Waals surface area contributed by atoms with Gasteiger partial charge < -0.3 is 10.2 Å². The van der Waals surface area contributed by atoms with E-state index in [0.29, 0.717) is 5.92 Å². The lowest BCUT2D eigenvalue weighted by Crippen LogP contribution is -2.29. The summed E-state index contributed by atoms with van der Waals surface area (Å²) in [6.07, 6.45) is 7.85. The van der Waals surface area contributed by atoms with Gasteiger partial charge in [-0.3, -0.25) is 4.98 Å². The smallest absolute Gasteiger partial charge is 0.0445 e. The van der Waals surface area contributed by atoms with Crippen molar-refractivity contribution in [1.29, 1.82) is 0 Å². The summed E-state index contributed by atoms with van der Waals surface area (Å²) < 4.78 is 0. The second-order valence-corrected chi connectivity index (χ2v) is 5.95. The number of pyridine rings is 1. The largest absolute Gasteiger partial charge is 0.368 e. The second-order valence-electron chi connectivity index (χ2n) is 5.95. The number of anilines is 1. The molecular formula is C16H27N3. The van der Waals surface area contributed by atoms with Crippen LogP contribution in [0.15, 0.2) is 18.5 Å². The molecule has 0 unspecified atom stereocenters. The van der Waals surface area contributed by atoms with Gasteiger partial charge in [0.1, 0.15) is 0 Å². The Bertz CT molecular complexity index is 385. The summed E-state index contributed by atoms with van der Waals surface area (Å²) in [6.45, 7) is 9.88. The van der Waals surface area contributed by atoms with Crippen LogP contribution in [0.2, 0.25) is 0 Å². The molecule has 0 saturated heterocycles. The fourth-order valence-electron chi connectivity index (χ4n) is 2.46. The predicted octanol–water partition coefficient (Wildman–Crippen LogP) is 3.21. The van der Waals surface area contributed by atoms with Crippen molar-refractivity contribution in [3.63, 3.8) is 0 Å². The van der Waals surface area contributed by atoms with Crippen molar-refractivity contribution in [3.05, 3.63) is 24.0 Å². The van der Waals surface area contributed by atoms with Gasteiger partial charge in [0.25, 0.3) is 0 Å². The van der Waals surface area contributed by atoms with Crippen LogP contribution in [0.5, 0.6) is 0 Å². The molecule has 1 aliphatic rings. The van der Waals surface area contributed by atoms with Gasteiger partial charge in [0.05, 0.1) is 0 Å². The maximum Gasteiger partial charge on any atom is 0.0445 e. The molecule has 3 nitrogen and oxygen atoms in total.